The minimum absolute atomic E-state index is 0.180. The summed E-state index contributed by atoms with van der Waals surface area (Å²) in [6.07, 6.45) is 2.08. The van der Waals surface area contributed by atoms with Gasteiger partial charge in [0, 0.05) is 11.3 Å². The van der Waals surface area contributed by atoms with Crippen molar-refractivity contribution in [2.45, 2.75) is 38.0 Å². The van der Waals surface area contributed by atoms with Crippen LogP contribution in [0.2, 0.25) is 0 Å². The largest absolute Gasteiger partial charge is 0.302 e. The van der Waals surface area contributed by atoms with E-state index in [9.17, 15) is 4.79 Å². The molecule has 0 spiro atoms. The SMILES string of the molecule is CC(C)(C)SN1CCC1C=O. The number of rotatable bonds is 2. The zero-order chi connectivity index (χ0) is 8.48. The van der Waals surface area contributed by atoms with Crippen molar-refractivity contribution in [2.75, 3.05) is 6.54 Å². The zero-order valence-corrected chi connectivity index (χ0v) is 8.15. The third kappa shape index (κ3) is 2.49. The highest BCUT2D eigenvalue weighted by Crippen LogP contribution is 2.34. The average molecular weight is 173 g/mol. The van der Waals surface area contributed by atoms with E-state index in [0.717, 1.165) is 19.3 Å². The molecule has 0 aliphatic carbocycles. The first kappa shape index (κ1) is 9.07. The molecule has 1 aliphatic heterocycles. The second-order valence-corrected chi connectivity index (χ2v) is 5.71. The number of carbonyl (C=O) groups excluding carboxylic acids is 1. The van der Waals surface area contributed by atoms with E-state index in [-0.39, 0.29) is 10.8 Å². The van der Waals surface area contributed by atoms with Crippen molar-refractivity contribution >= 4 is 18.2 Å². The van der Waals surface area contributed by atoms with Gasteiger partial charge >= 0.3 is 0 Å². The van der Waals surface area contributed by atoms with Crippen LogP contribution < -0.4 is 0 Å². The smallest absolute Gasteiger partial charge is 0.138 e. The van der Waals surface area contributed by atoms with Crippen LogP contribution in [0.15, 0.2) is 0 Å². The van der Waals surface area contributed by atoms with Crippen molar-refractivity contribution < 1.29 is 4.79 Å². The van der Waals surface area contributed by atoms with Crippen LogP contribution in [-0.2, 0) is 4.79 Å². The Bertz CT molecular complexity index is 153. The zero-order valence-electron chi connectivity index (χ0n) is 7.33. The van der Waals surface area contributed by atoms with E-state index >= 15 is 0 Å². The van der Waals surface area contributed by atoms with Gasteiger partial charge in [0.25, 0.3) is 0 Å². The lowest BCUT2D eigenvalue weighted by Gasteiger charge is -2.39. The van der Waals surface area contributed by atoms with Crippen molar-refractivity contribution in [2.24, 2.45) is 0 Å². The number of carbonyl (C=O) groups is 1. The molecule has 1 aliphatic rings. The van der Waals surface area contributed by atoms with Gasteiger partial charge in [-0.2, -0.15) is 0 Å². The summed E-state index contributed by atoms with van der Waals surface area (Å²) >= 11 is 1.78. The highest BCUT2D eigenvalue weighted by molar-refractivity contribution is 7.98. The molecule has 1 fully saturated rings. The maximum atomic E-state index is 10.4. The first-order valence-corrected chi connectivity index (χ1v) is 4.71. The highest BCUT2D eigenvalue weighted by Gasteiger charge is 2.31. The summed E-state index contributed by atoms with van der Waals surface area (Å²) < 4.78 is 2.40. The summed E-state index contributed by atoms with van der Waals surface area (Å²) in [6.45, 7) is 7.55. The van der Waals surface area contributed by atoms with E-state index in [2.05, 4.69) is 25.1 Å². The van der Waals surface area contributed by atoms with Gasteiger partial charge in [-0.3, -0.25) is 0 Å². The van der Waals surface area contributed by atoms with Crippen LogP contribution in [0.5, 0.6) is 0 Å². The second kappa shape index (κ2) is 3.15. The summed E-state index contributed by atoms with van der Waals surface area (Å²) in [4.78, 5) is 10.4. The Balaban J connectivity index is 2.33. The molecule has 0 bridgehead atoms. The molecular weight excluding hydrogens is 158 g/mol. The standard InChI is InChI=1S/C8H15NOS/c1-8(2,3)11-9-5-4-7(9)6-10/h6-7H,4-5H2,1-3H3. The van der Waals surface area contributed by atoms with Crippen molar-refractivity contribution in [3.8, 4) is 0 Å². The molecule has 1 atom stereocenters. The number of hydrogen-bond donors (Lipinski definition) is 0. The second-order valence-electron chi connectivity index (χ2n) is 3.84. The number of nitrogens with zero attached hydrogens (tertiary/aromatic N) is 1. The van der Waals surface area contributed by atoms with Crippen LogP contribution in [0.25, 0.3) is 0 Å². The molecule has 0 N–H and O–H groups in total. The molecule has 0 saturated carbocycles. The number of aldehydes is 1. The minimum Gasteiger partial charge on any atom is -0.302 e. The molecule has 11 heavy (non-hydrogen) atoms. The third-order valence-corrected chi connectivity index (χ3v) is 2.80. The van der Waals surface area contributed by atoms with Gasteiger partial charge in [-0.25, -0.2) is 4.31 Å². The van der Waals surface area contributed by atoms with Crippen LogP contribution in [0.4, 0.5) is 0 Å². The summed E-state index contributed by atoms with van der Waals surface area (Å²) in [5.41, 5.74) is 0. The van der Waals surface area contributed by atoms with Gasteiger partial charge in [-0.05, 0) is 27.2 Å². The van der Waals surface area contributed by atoms with Gasteiger partial charge in [-0.1, -0.05) is 11.9 Å². The molecule has 1 saturated heterocycles. The first-order valence-electron chi connectivity index (χ1n) is 3.94. The molecule has 0 radical (unpaired) electrons. The van der Waals surface area contributed by atoms with Crippen molar-refractivity contribution in [3.05, 3.63) is 0 Å². The third-order valence-electron chi connectivity index (χ3n) is 1.56. The van der Waals surface area contributed by atoms with Crippen LogP contribution in [0.3, 0.4) is 0 Å². The van der Waals surface area contributed by atoms with Gasteiger partial charge < -0.3 is 4.79 Å². The highest BCUT2D eigenvalue weighted by atomic mass is 32.2. The van der Waals surface area contributed by atoms with Gasteiger partial charge in [-0.15, -0.1) is 0 Å². The Morgan fingerprint density at radius 1 is 1.55 bits per heavy atom. The van der Waals surface area contributed by atoms with Crippen molar-refractivity contribution in [3.63, 3.8) is 0 Å². The molecule has 1 rings (SSSR count). The lowest BCUT2D eigenvalue weighted by atomic mass is 10.1. The average Bonchev–Trinajstić information content (AvgIpc) is 1.80. The Kier molecular flexibility index (Phi) is 2.60. The van der Waals surface area contributed by atoms with Crippen LogP contribution >= 0.6 is 11.9 Å². The van der Waals surface area contributed by atoms with E-state index in [1.54, 1.807) is 11.9 Å². The quantitative estimate of drug-likeness (QED) is 0.468. The Labute approximate surface area is 72.5 Å². The summed E-state index contributed by atoms with van der Waals surface area (Å²) in [7, 11) is 0. The van der Waals surface area contributed by atoms with Crippen molar-refractivity contribution in [1.82, 2.24) is 4.31 Å². The fourth-order valence-corrected chi connectivity index (χ4v) is 2.18. The lowest BCUT2D eigenvalue weighted by Crippen LogP contribution is -2.45. The topological polar surface area (TPSA) is 20.3 Å². The van der Waals surface area contributed by atoms with Gasteiger partial charge in [0.1, 0.15) is 6.29 Å². The maximum Gasteiger partial charge on any atom is 0.138 e. The molecule has 0 aromatic heterocycles. The predicted molar refractivity (Wildman–Crippen MR) is 48.5 cm³/mol. The maximum absolute atomic E-state index is 10.4. The summed E-state index contributed by atoms with van der Waals surface area (Å²) in [5, 5.41) is 0. The minimum atomic E-state index is 0.180. The molecule has 64 valence electrons. The molecule has 3 heteroatoms. The van der Waals surface area contributed by atoms with Crippen LogP contribution in [0.1, 0.15) is 27.2 Å². The Hall–Kier alpha value is -0.0200. The Morgan fingerprint density at radius 2 is 2.18 bits per heavy atom. The molecule has 1 unspecified atom stereocenters. The van der Waals surface area contributed by atoms with Gasteiger partial charge in [0.05, 0.1) is 6.04 Å². The van der Waals surface area contributed by atoms with E-state index in [1.165, 1.54) is 0 Å². The molecule has 2 nitrogen and oxygen atoms in total. The normalized spacial score (nSPS) is 26.3. The Morgan fingerprint density at radius 3 is 2.45 bits per heavy atom. The fraction of sp³-hybridized carbons (Fsp3) is 0.875. The molecular formula is C8H15NOS. The lowest BCUT2D eigenvalue weighted by molar-refractivity contribution is -0.113. The molecule has 1 heterocycles. The van der Waals surface area contributed by atoms with Gasteiger partial charge in [0.2, 0.25) is 0 Å². The first-order chi connectivity index (χ1) is 5.03. The van der Waals surface area contributed by atoms with E-state index in [0.29, 0.717) is 0 Å². The van der Waals surface area contributed by atoms with Gasteiger partial charge in [0.15, 0.2) is 0 Å². The predicted octanol–water partition coefficient (Wildman–Crippen LogP) is 1.71. The molecule has 0 aromatic carbocycles. The van der Waals surface area contributed by atoms with E-state index in [1.807, 2.05) is 0 Å². The summed E-state index contributed by atoms with van der Waals surface area (Å²) in [6, 6.07) is 0.180. The van der Waals surface area contributed by atoms with Crippen LogP contribution in [0, 0.1) is 0 Å². The van der Waals surface area contributed by atoms with Crippen LogP contribution in [-0.4, -0.2) is 27.9 Å². The van der Waals surface area contributed by atoms with Crippen molar-refractivity contribution in [1.29, 1.82) is 0 Å². The van der Waals surface area contributed by atoms with E-state index in [4.69, 9.17) is 0 Å². The fourth-order valence-electron chi connectivity index (χ4n) is 0.985. The molecule has 0 amide bonds. The molecule has 0 aromatic rings. The van der Waals surface area contributed by atoms with E-state index < -0.39 is 0 Å². The summed E-state index contributed by atoms with van der Waals surface area (Å²) in [5.74, 6) is 0. The number of hydrogen-bond acceptors (Lipinski definition) is 3. The monoisotopic (exact) mass is 173 g/mol.